The van der Waals surface area contributed by atoms with E-state index in [1.165, 1.54) is 0 Å². The number of aliphatic hydroxyl groups is 1. The smallest absolute Gasteiger partial charge is 0.194 e. The fraction of sp³-hybridized carbons (Fsp3) is 0.471. The molecule has 0 radical (unpaired) electrons. The molecular weight excluding hydrogens is 250 g/mol. The standard InChI is InChI=1S/C17H19NO2/c1-16-11-7-3-4-8-12(11)17(20,15(16)19)13-9-5-6-10-14(13)18(16)2/h3,5-7,9-12,20H,4,8H2,1-2H3/t11-,12+,16?,17+/m0/s1. The number of anilines is 1. The summed E-state index contributed by atoms with van der Waals surface area (Å²) in [6, 6.07) is 7.79. The molecule has 3 nitrogen and oxygen atoms in total. The number of hydrogen-bond acceptors (Lipinski definition) is 3. The lowest BCUT2D eigenvalue weighted by Gasteiger charge is -2.44. The summed E-state index contributed by atoms with van der Waals surface area (Å²) in [5.41, 5.74) is -0.175. The minimum atomic E-state index is -1.31. The van der Waals surface area contributed by atoms with Gasteiger partial charge in [0.2, 0.25) is 0 Å². The molecule has 1 N–H and O–H groups in total. The van der Waals surface area contributed by atoms with E-state index >= 15 is 0 Å². The predicted octanol–water partition coefficient (Wildman–Crippen LogP) is 2.25. The molecule has 0 spiro atoms. The Labute approximate surface area is 118 Å². The highest BCUT2D eigenvalue weighted by Crippen LogP contribution is 2.60. The molecule has 1 unspecified atom stereocenters. The molecule has 1 saturated carbocycles. The molecule has 4 rings (SSSR count). The average Bonchev–Trinajstić information content (AvgIpc) is 2.63. The third-order valence-electron chi connectivity index (χ3n) is 5.79. The second-order valence-electron chi connectivity index (χ2n) is 6.46. The van der Waals surface area contributed by atoms with Crippen LogP contribution in [0.5, 0.6) is 0 Å². The zero-order valence-corrected chi connectivity index (χ0v) is 11.8. The first-order chi connectivity index (χ1) is 9.52. The Morgan fingerprint density at radius 2 is 2.10 bits per heavy atom. The van der Waals surface area contributed by atoms with Gasteiger partial charge in [-0.1, -0.05) is 30.4 Å². The molecule has 0 amide bonds. The lowest BCUT2D eigenvalue weighted by molar-refractivity contribution is -0.142. The van der Waals surface area contributed by atoms with Gasteiger partial charge in [0.15, 0.2) is 11.4 Å². The highest BCUT2D eigenvalue weighted by molar-refractivity contribution is 6.06. The fourth-order valence-corrected chi connectivity index (χ4v) is 4.62. The van der Waals surface area contributed by atoms with E-state index in [1.807, 2.05) is 38.2 Å². The van der Waals surface area contributed by atoms with Gasteiger partial charge >= 0.3 is 0 Å². The minimum absolute atomic E-state index is 0.00361. The van der Waals surface area contributed by atoms with Crippen LogP contribution in [-0.4, -0.2) is 23.5 Å². The summed E-state index contributed by atoms with van der Waals surface area (Å²) in [5.74, 6) is 0.0509. The van der Waals surface area contributed by atoms with Gasteiger partial charge in [-0.05, 0) is 25.8 Å². The second-order valence-corrected chi connectivity index (χ2v) is 6.46. The molecule has 4 atom stereocenters. The van der Waals surface area contributed by atoms with Gasteiger partial charge in [-0.3, -0.25) is 4.79 Å². The van der Waals surface area contributed by atoms with Gasteiger partial charge in [-0.2, -0.15) is 0 Å². The van der Waals surface area contributed by atoms with Crippen molar-refractivity contribution in [3.63, 3.8) is 0 Å². The monoisotopic (exact) mass is 269 g/mol. The van der Waals surface area contributed by atoms with Crippen LogP contribution >= 0.6 is 0 Å². The van der Waals surface area contributed by atoms with Crippen LogP contribution in [0.2, 0.25) is 0 Å². The van der Waals surface area contributed by atoms with E-state index in [9.17, 15) is 9.90 Å². The van der Waals surface area contributed by atoms with Crippen LogP contribution in [0.3, 0.4) is 0 Å². The quantitative estimate of drug-likeness (QED) is 0.734. The molecular formula is C17H19NO2. The summed E-state index contributed by atoms with van der Waals surface area (Å²) < 4.78 is 0. The van der Waals surface area contributed by atoms with E-state index in [-0.39, 0.29) is 17.6 Å². The van der Waals surface area contributed by atoms with Crippen molar-refractivity contribution in [2.24, 2.45) is 11.8 Å². The van der Waals surface area contributed by atoms with Gasteiger partial charge in [0, 0.05) is 30.1 Å². The third-order valence-corrected chi connectivity index (χ3v) is 5.79. The van der Waals surface area contributed by atoms with Gasteiger partial charge in [0.05, 0.1) is 0 Å². The van der Waals surface area contributed by atoms with Crippen molar-refractivity contribution in [2.75, 3.05) is 11.9 Å². The lowest BCUT2D eigenvalue weighted by Crippen LogP contribution is -2.58. The van der Waals surface area contributed by atoms with E-state index in [4.69, 9.17) is 0 Å². The Morgan fingerprint density at radius 3 is 2.90 bits per heavy atom. The number of nitrogens with zero attached hydrogens (tertiary/aromatic N) is 1. The average molecular weight is 269 g/mol. The predicted molar refractivity (Wildman–Crippen MR) is 77.5 cm³/mol. The van der Waals surface area contributed by atoms with Crippen LogP contribution in [0, 0.1) is 11.8 Å². The Balaban J connectivity index is 2.06. The normalized spacial score (nSPS) is 41.5. The van der Waals surface area contributed by atoms with E-state index < -0.39 is 11.1 Å². The number of fused-ring (bicyclic) bond motifs is 7. The van der Waals surface area contributed by atoms with Crippen LogP contribution in [0.4, 0.5) is 5.69 Å². The SMILES string of the molecule is CN1c2ccccc2[C@@]2(O)C(=O)C1(C)[C@H]1C=CCC[C@H]12. The summed E-state index contributed by atoms with van der Waals surface area (Å²) in [4.78, 5) is 15.1. The zero-order valence-electron chi connectivity index (χ0n) is 11.8. The van der Waals surface area contributed by atoms with Crippen molar-refractivity contribution in [1.29, 1.82) is 0 Å². The highest BCUT2D eigenvalue weighted by Gasteiger charge is 2.70. The van der Waals surface area contributed by atoms with Crippen molar-refractivity contribution >= 4 is 11.5 Å². The molecule has 20 heavy (non-hydrogen) atoms. The maximum Gasteiger partial charge on any atom is 0.194 e. The first-order valence-electron chi connectivity index (χ1n) is 7.29. The summed E-state index contributed by atoms with van der Waals surface area (Å²) in [6.45, 7) is 1.98. The lowest BCUT2D eigenvalue weighted by atomic mass is 9.75. The molecule has 3 aliphatic rings. The number of carbonyl (C=O) groups is 1. The van der Waals surface area contributed by atoms with E-state index in [1.54, 1.807) is 0 Å². The third kappa shape index (κ3) is 1.06. The van der Waals surface area contributed by atoms with Crippen molar-refractivity contribution in [1.82, 2.24) is 0 Å². The first kappa shape index (κ1) is 12.2. The summed E-state index contributed by atoms with van der Waals surface area (Å²) in [6.07, 6.45) is 6.12. The summed E-state index contributed by atoms with van der Waals surface area (Å²) in [7, 11) is 1.97. The van der Waals surface area contributed by atoms with Gasteiger partial charge < -0.3 is 10.0 Å². The van der Waals surface area contributed by atoms with E-state index in [0.29, 0.717) is 0 Å². The van der Waals surface area contributed by atoms with Crippen molar-refractivity contribution in [3.05, 3.63) is 42.0 Å². The maximum absolute atomic E-state index is 13.0. The number of likely N-dealkylation sites (N-methyl/N-ethyl adjacent to an activating group) is 1. The maximum atomic E-state index is 13.0. The molecule has 0 aromatic heterocycles. The Kier molecular flexibility index (Phi) is 2.14. The largest absolute Gasteiger partial charge is 0.377 e. The molecule has 3 heteroatoms. The summed E-state index contributed by atoms with van der Waals surface area (Å²) in [5, 5.41) is 11.3. The van der Waals surface area contributed by atoms with Crippen LogP contribution in [0.1, 0.15) is 25.3 Å². The molecule has 0 saturated heterocycles. The number of allylic oxidation sites excluding steroid dienone is 1. The Bertz CT molecular complexity index is 638. The molecule has 1 fully saturated rings. The van der Waals surface area contributed by atoms with Crippen LogP contribution in [-0.2, 0) is 10.4 Å². The number of benzene rings is 1. The Morgan fingerprint density at radius 1 is 1.35 bits per heavy atom. The minimum Gasteiger partial charge on any atom is -0.377 e. The van der Waals surface area contributed by atoms with Gasteiger partial charge in [-0.15, -0.1) is 0 Å². The number of rotatable bonds is 0. The highest BCUT2D eigenvalue weighted by atomic mass is 16.3. The number of Topliss-reactive ketones (excluding diaryl/α,β-unsaturated/α-hetero) is 1. The molecule has 1 aromatic rings. The van der Waals surface area contributed by atoms with Gasteiger partial charge in [-0.25, -0.2) is 0 Å². The molecule has 1 aromatic carbocycles. The molecule has 1 heterocycles. The van der Waals surface area contributed by atoms with Crippen molar-refractivity contribution in [3.8, 4) is 0 Å². The van der Waals surface area contributed by atoms with Crippen LogP contribution < -0.4 is 4.90 Å². The number of ketones is 1. The molecule has 104 valence electrons. The second kappa shape index (κ2) is 3.53. The molecule has 1 aliphatic heterocycles. The van der Waals surface area contributed by atoms with E-state index in [0.717, 1.165) is 24.1 Å². The van der Waals surface area contributed by atoms with Crippen molar-refractivity contribution < 1.29 is 9.90 Å². The number of carbonyl (C=O) groups excluding carboxylic acids is 1. The van der Waals surface area contributed by atoms with Crippen LogP contribution in [0.25, 0.3) is 0 Å². The topological polar surface area (TPSA) is 40.5 Å². The number of para-hydroxylation sites is 1. The molecule has 2 aliphatic carbocycles. The van der Waals surface area contributed by atoms with Gasteiger partial charge in [0.25, 0.3) is 0 Å². The number of hydrogen-bond donors (Lipinski definition) is 1. The van der Waals surface area contributed by atoms with Crippen molar-refractivity contribution in [2.45, 2.75) is 30.9 Å². The van der Waals surface area contributed by atoms with Gasteiger partial charge in [0.1, 0.15) is 5.54 Å². The first-order valence-corrected chi connectivity index (χ1v) is 7.29. The zero-order chi connectivity index (χ0) is 14.1. The summed E-state index contributed by atoms with van der Waals surface area (Å²) >= 11 is 0. The molecule has 2 bridgehead atoms. The Hall–Kier alpha value is -1.61. The van der Waals surface area contributed by atoms with Crippen LogP contribution in [0.15, 0.2) is 36.4 Å². The fourth-order valence-electron chi connectivity index (χ4n) is 4.62. The van der Waals surface area contributed by atoms with E-state index in [2.05, 4.69) is 17.1 Å².